The topological polar surface area (TPSA) is 52.7 Å². The molecular formula is C27H33ClF3N3O2. The summed E-state index contributed by atoms with van der Waals surface area (Å²) in [5, 5.41) is 2.84. The number of likely N-dealkylation sites (tertiary alicyclic amines) is 2. The lowest BCUT2D eigenvalue weighted by molar-refractivity contribution is -0.134. The molecule has 2 fully saturated rings. The summed E-state index contributed by atoms with van der Waals surface area (Å²) in [6.07, 6.45) is 3.51. The molecule has 0 aliphatic carbocycles. The lowest BCUT2D eigenvalue weighted by Gasteiger charge is -2.37. The van der Waals surface area contributed by atoms with Crippen LogP contribution in [-0.2, 0) is 4.79 Å². The maximum Gasteiger partial charge on any atom is 0.324 e. The lowest BCUT2D eigenvalue weighted by Crippen LogP contribution is -2.49. The zero-order chi connectivity index (χ0) is 24.9. The normalized spacial score (nSPS) is 21.2. The van der Waals surface area contributed by atoms with E-state index in [9.17, 15) is 22.8 Å². The van der Waals surface area contributed by atoms with E-state index in [1.807, 2.05) is 19.1 Å². The van der Waals surface area contributed by atoms with Gasteiger partial charge in [0.2, 0.25) is 5.91 Å². The molecule has 196 valence electrons. The van der Waals surface area contributed by atoms with Gasteiger partial charge in [-0.2, -0.15) is 0 Å². The second-order valence-corrected chi connectivity index (χ2v) is 9.75. The number of carbonyl (C=O) groups is 2. The molecule has 3 amide bonds. The van der Waals surface area contributed by atoms with E-state index in [-0.39, 0.29) is 36.5 Å². The second kappa shape index (κ2) is 12.6. The number of nitrogens with zero attached hydrogens (tertiary/aromatic N) is 2. The quantitative estimate of drug-likeness (QED) is 0.486. The summed E-state index contributed by atoms with van der Waals surface area (Å²) in [6, 6.07) is 9.17. The highest BCUT2D eigenvalue weighted by molar-refractivity contribution is 5.95. The van der Waals surface area contributed by atoms with Crippen molar-refractivity contribution in [3.05, 3.63) is 71.0 Å². The Morgan fingerprint density at radius 2 is 1.67 bits per heavy atom. The SMILES string of the molecule is C[C@@H]1CC(=O)N(C(=O)NCCCN2CCC(c3ccc(F)cc3)CC2)[C@H](c2ccc(F)c(F)c2)C1.Cl. The van der Waals surface area contributed by atoms with E-state index >= 15 is 0 Å². The van der Waals surface area contributed by atoms with Crippen molar-refractivity contribution in [1.82, 2.24) is 15.1 Å². The minimum Gasteiger partial charge on any atom is -0.338 e. The van der Waals surface area contributed by atoms with Crippen LogP contribution in [0.3, 0.4) is 0 Å². The van der Waals surface area contributed by atoms with Crippen LogP contribution in [0.1, 0.15) is 62.1 Å². The van der Waals surface area contributed by atoms with Crippen molar-refractivity contribution in [2.45, 2.75) is 51.0 Å². The standard InChI is InChI=1S/C27H32F3N3O2.ClH/c1-18-15-25(21-5-8-23(29)24(30)17-21)33(26(34)16-18)27(35)31-11-2-12-32-13-9-20(10-14-32)19-3-6-22(28)7-4-19;/h3-8,17-18,20,25H,2,9-16H2,1H3,(H,31,35);1H/t18-,25-;/m0./s1. The summed E-state index contributed by atoms with van der Waals surface area (Å²) in [5.41, 5.74) is 1.59. The van der Waals surface area contributed by atoms with Crippen molar-refractivity contribution in [1.29, 1.82) is 0 Å². The average Bonchev–Trinajstić information content (AvgIpc) is 2.84. The third-order valence-electron chi connectivity index (χ3n) is 7.13. The van der Waals surface area contributed by atoms with E-state index in [1.165, 1.54) is 28.7 Å². The predicted molar refractivity (Wildman–Crippen MR) is 134 cm³/mol. The molecule has 9 heteroatoms. The van der Waals surface area contributed by atoms with Crippen LogP contribution in [0.2, 0.25) is 0 Å². The molecule has 2 aromatic rings. The van der Waals surface area contributed by atoms with E-state index in [2.05, 4.69) is 10.2 Å². The second-order valence-electron chi connectivity index (χ2n) is 9.75. The van der Waals surface area contributed by atoms with Gasteiger partial charge in [-0.05, 0) is 92.5 Å². The fourth-order valence-electron chi connectivity index (χ4n) is 5.21. The number of urea groups is 1. The number of hydrogen-bond acceptors (Lipinski definition) is 3. The fraction of sp³-hybridized carbons (Fsp3) is 0.481. The van der Waals surface area contributed by atoms with E-state index in [1.54, 1.807) is 0 Å². The number of rotatable bonds is 6. The number of halogens is 4. The molecule has 0 spiro atoms. The first-order valence-electron chi connectivity index (χ1n) is 12.3. The van der Waals surface area contributed by atoms with E-state index in [4.69, 9.17) is 0 Å². The largest absolute Gasteiger partial charge is 0.338 e. The zero-order valence-corrected chi connectivity index (χ0v) is 21.2. The fourth-order valence-corrected chi connectivity index (χ4v) is 5.21. The maximum atomic E-state index is 13.8. The van der Waals surface area contributed by atoms with Crippen LogP contribution in [0.25, 0.3) is 0 Å². The molecule has 2 heterocycles. The Kier molecular flexibility index (Phi) is 9.79. The Hall–Kier alpha value is -2.58. The summed E-state index contributed by atoms with van der Waals surface area (Å²) in [5.74, 6) is -1.99. The van der Waals surface area contributed by atoms with Gasteiger partial charge in [0.05, 0.1) is 6.04 Å². The van der Waals surface area contributed by atoms with Crippen LogP contribution < -0.4 is 5.32 Å². The number of amides is 3. The molecular weight excluding hydrogens is 491 g/mol. The monoisotopic (exact) mass is 523 g/mol. The summed E-state index contributed by atoms with van der Waals surface area (Å²) in [6.45, 7) is 5.04. The molecule has 5 nitrogen and oxygen atoms in total. The zero-order valence-electron chi connectivity index (χ0n) is 20.4. The Balaban J connectivity index is 0.00000361. The van der Waals surface area contributed by atoms with Crippen molar-refractivity contribution in [3.8, 4) is 0 Å². The van der Waals surface area contributed by atoms with Crippen molar-refractivity contribution >= 4 is 24.3 Å². The van der Waals surface area contributed by atoms with Crippen LogP contribution in [0.4, 0.5) is 18.0 Å². The van der Waals surface area contributed by atoms with Crippen molar-refractivity contribution in [2.24, 2.45) is 5.92 Å². The van der Waals surface area contributed by atoms with Gasteiger partial charge in [-0.3, -0.25) is 9.69 Å². The minimum atomic E-state index is -0.989. The highest BCUT2D eigenvalue weighted by atomic mass is 35.5. The van der Waals surface area contributed by atoms with Gasteiger partial charge in [-0.1, -0.05) is 25.1 Å². The smallest absolute Gasteiger partial charge is 0.324 e. The van der Waals surface area contributed by atoms with E-state index in [0.717, 1.165) is 51.0 Å². The van der Waals surface area contributed by atoms with Crippen molar-refractivity contribution < 1.29 is 22.8 Å². The molecule has 0 unspecified atom stereocenters. The summed E-state index contributed by atoms with van der Waals surface area (Å²) < 4.78 is 40.4. The molecule has 4 rings (SSSR count). The molecule has 2 atom stereocenters. The molecule has 2 aliphatic heterocycles. The minimum absolute atomic E-state index is 0. The number of nitrogens with one attached hydrogen (secondary N) is 1. The van der Waals surface area contributed by atoms with Gasteiger partial charge in [0.15, 0.2) is 11.6 Å². The van der Waals surface area contributed by atoms with Gasteiger partial charge in [0.1, 0.15) is 5.82 Å². The van der Waals surface area contributed by atoms with Crippen molar-refractivity contribution in [3.63, 3.8) is 0 Å². The molecule has 0 radical (unpaired) electrons. The van der Waals surface area contributed by atoms with Gasteiger partial charge in [0.25, 0.3) is 0 Å². The molecule has 1 N–H and O–H groups in total. The Morgan fingerprint density at radius 1 is 1.00 bits per heavy atom. The molecule has 0 bridgehead atoms. The summed E-state index contributed by atoms with van der Waals surface area (Å²) in [4.78, 5) is 29.1. The van der Waals surface area contributed by atoms with Gasteiger partial charge in [-0.25, -0.2) is 18.0 Å². The maximum absolute atomic E-state index is 13.8. The number of piperidine rings is 2. The van der Waals surface area contributed by atoms with Crippen LogP contribution >= 0.6 is 12.4 Å². The third kappa shape index (κ3) is 6.79. The third-order valence-corrected chi connectivity index (χ3v) is 7.13. The number of carbonyl (C=O) groups excluding carboxylic acids is 2. The molecule has 2 saturated heterocycles. The van der Waals surface area contributed by atoms with Crippen LogP contribution in [0.5, 0.6) is 0 Å². The first-order chi connectivity index (χ1) is 16.8. The first kappa shape index (κ1) is 28.0. The highest BCUT2D eigenvalue weighted by Gasteiger charge is 2.37. The summed E-state index contributed by atoms with van der Waals surface area (Å²) >= 11 is 0. The molecule has 2 aromatic carbocycles. The molecule has 0 saturated carbocycles. The lowest BCUT2D eigenvalue weighted by atomic mass is 9.88. The summed E-state index contributed by atoms with van der Waals surface area (Å²) in [7, 11) is 0. The number of imide groups is 1. The van der Waals surface area contributed by atoms with E-state index < -0.39 is 23.7 Å². The molecule has 36 heavy (non-hydrogen) atoms. The van der Waals surface area contributed by atoms with Crippen LogP contribution in [0, 0.1) is 23.4 Å². The Labute approximate surface area is 216 Å². The molecule has 2 aliphatic rings. The highest BCUT2D eigenvalue weighted by Crippen LogP contribution is 2.35. The number of hydrogen-bond donors (Lipinski definition) is 1. The van der Waals surface area contributed by atoms with Crippen molar-refractivity contribution in [2.75, 3.05) is 26.2 Å². The van der Waals surface area contributed by atoms with Gasteiger partial charge in [0, 0.05) is 13.0 Å². The predicted octanol–water partition coefficient (Wildman–Crippen LogP) is 5.80. The van der Waals surface area contributed by atoms with Gasteiger partial charge >= 0.3 is 6.03 Å². The van der Waals surface area contributed by atoms with Crippen LogP contribution in [-0.4, -0.2) is 47.9 Å². The van der Waals surface area contributed by atoms with Gasteiger partial charge in [-0.15, -0.1) is 12.4 Å². The van der Waals surface area contributed by atoms with Crippen LogP contribution in [0.15, 0.2) is 42.5 Å². The van der Waals surface area contributed by atoms with Gasteiger partial charge < -0.3 is 10.2 Å². The molecule has 0 aromatic heterocycles. The van der Waals surface area contributed by atoms with E-state index in [0.29, 0.717) is 24.4 Å². The average molecular weight is 524 g/mol. The Bertz CT molecular complexity index is 1050. The Morgan fingerprint density at radius 3 is 2.33 bits per heavy atom. The number of benzene rings is 2. The first-order valence-corrected chi connectivity index (χ1v) is 12.3.